The maximum Gasteiger partial charge on any atom is 0.244 e. The first kappa shape index (κ1) is 19.4. The van der Waals surface area contributed by atoms with Crippen LogP contribution in [0.15, 0.2) is 46.9 Å². The minimum absolute atomic E-state index is 0.0153. The molecular weight excluding hydrogens is 410 g/mol. The first-order valence-electron chi connectivity index (χ1n) is 9.02. The topological polar surface area (TPSA) is 88.7 Å². The quantitative estimate of drug-likeness (QED) is 0.429. The SMILES string of the molecule is CC(C)c1nc2cc(NC(=O)Cn3c(-c4ccc(Cl)cc4)n[nH]c3=S)ccc2o1. The standard InChI is InChI=1S/C20H18ClN5O2S/c1-11(2)19-23-15-9-14(7-8-16(15)28-19)22-17(27)10-26-18(24-25-20(26)29)12-3-5-13(21)6-4-12/h3-9,11H,10H2,1-2H3,(H,22,27)(H,25,29). The van der Waals surface area contributed by atoms with E-state index in [1.165, 1.54) is 0 Å². The first-order chi connectivity index (χ1) is 13.9. The number of benzene rings is 2. The molecule has 9 heteroatoms. The van der Waals surface area contributed by atoms with Gasteiger partial charge in [0.15, 0.2) is 22.1 Å². The number of carbonyl (C=O) groups excluding carboxylic acids is 1. The van der Waals surface area contributed by atoms with E-state index in [2.05, 4.69) is 20.5 Å². The summed E-state index contributed by atoms with van der Waals surface area (Å²) in [4.78, 5) is 17.1. The Kier molecular flexibility index (Phi) is 5.21. The van der Waals surface area contributed by atoms with Gasteiger partial charge in [0, 0.05) is 22.2 Å². The van der Waals surface area contributed by atoms with Crippen LogP contribution in [0.1, 0.15) is 25.7 Å². The Morgan fingerprint density at radius 1 is 1.28 bits per heavy atom. The van der Waals surface area contributed by atoms with Crippen LogP contribution in [0.2, 0.25) is 5.02 Å². The summed E-state index contributed by atoms with van der Waals surface area (Å²) in [6.07, 6.45) is 0. The summed E-state index contributed by atoms with van der Waals surface area (Å²) in [5.74, 6) is 1.19. The Bertz CT molecular complexity index is 1240. The van der Waals surface area contributed by atoms with Crippen molar-refractivity contribution in [1.29, 1.82) is 0 Å². The molecule has 4 rings (SSSR count). The van der Waals surface area contributed by atoms with Crippen LogP contribution in [0.4, 0.5) is 5.69 Å². The average Bonchev–Trinajstić information content (AvgIpc) is 3.26. The van der Waals surface area contributed by atoms with Gasteiger partial charge in [-0.1, -0.05) is 25.4 Å². The molecule has 2 N–H and O–H groups in total. The number of rotatable bonds is 5. The van der Waals surface area contributed by atoms with E-state index in [1.54, 1.807) is 34.9 Å². The number of fused-ring (bicyclic) bond motifs is 1. The summed E-state index contributed by atoms with van der Waals surface area (Å²) >= 11 is 11.2. The molecule has 0 fully saturated rings. The van der Waals surface area contributed by atoms with Crippen molar-refractivity contribution in [2.45, 2.75) is 26.3 Å². The number of nitrogens with one attached hydrogen (secondary N) is 2. The van der Waals surface area contributed by atoms with E-state index < -0.39 is 0 Å². The fraction of sp³-hybridized carbons (Fsp3) is 0.200. The van der Waals surface area contributed by atoms with E-state index in [0.29, 0.717) is 38.3 Å². The zero-order valence-electron chi connectivity index (χ0n) is 15.8. The second-order valence-electron chi connectivity index (χ2n) is 6.88. The van der Waals surface area contributed by atoms with E-state index in [1.807, 2.05) is 26.0 Å². The highest BCUT2D eigenvalue weighted by atomic mass is 35.5. The largest absolute Gasteiger partial charge is 0.440 e. The molecule has 2 aromatic carbocycles. The van der Waals surface area contributed by atoms with E-state index in [-0.39, 0.29) is 18.4 Å². The molecule has 0 radical (unpaired) electrons. The Morgan fingerprint density at radius 3 is 2.76 bits per heavy atom. The molecule has 0 saturated carbocycles. The third-order valence-corrected chi connectivity index (χ3v) is 4.91. The lowest BCUT2D eigenvalue weighted by atomic mass is 10.2. The van der Waals surface area contributed by atoms with Gasteiger partial charge < -0.3 is 9.73 Å². The van der Waals surface area contributed by atoms with Gasteiger partial charge in [-0.15, -0.1) is 0 Å². The molecule has 2 heterocycles. The van der Waals surface area contributed by atoms with Gasteiger partial charge in [0.05, 0.1) is 0 Å². The van der Waals surface area contributed by atoms with Crippen LogP contribution in [0.3, 0.4) is 0 Å². The van der Waals surface area contributed by atoms with Gasteiger partial charge in [-0.25, -0.2) is 4.98 Å². The van der Waals surface area contributed by atoms with Crippen LogP contribution in [0.5, 0.6) is 0 Å². The number of aromatic nitrogens is 4. The molecule has 0 atom stereocenters. The molecule has 0 saturated heterocycles. The Hall–Kier alpha value is -2.97. The van der Waals surface area contributed by atoms with E-state index in [9.17, 15) is 4.79 Å². The van der Waals surface area contributed by atoms with Crippen molar-refractivity contribution in [1.82, 2.24) is 19.7 Å². The monoisotopic (exact) mass is 427 g/mol. The number of oxazole rings is 1. The predicted octanol–water partition coefficient (Wildman–Crippen LogP) is 5.16. The number of hydrogen-bond donors (Lipinski definition) is 2. The average molecular weight is 428 g/mol. The fourth-order valence-electron chi connectivity index (χ4n) is 2.90. The molecule has 4 aromatic rings. The smallest absolute Gasteiger partial charge is 0.244 e. The molecule has 0 aliphatic heterocycles. The maximum atomic E-state index is 12.6. The van der Waals surface area contributed by atoms with Crippen molar-refractivity contribution >= 4 is 46.5 Å². The van der Waals surface area contributed by atoms with Crippen molar-refractivity contribution in [3.63, 3.8) is 0 Å². The zero-order valence-corrected chi connectivity index (χ0v) is 17.3. The van der Waals surface area contributed by atoms with Crippen LogP contribution in [-0.2, 0) is 11.3 Å². The summed E-state index contributed by atoms with van der Waals surface area (Å²) in [6, 6.07) is 12.5. The Morgan fingerprint density at radius 2 is 2.03 bits per heavy atom. The van der Waals surface area contributed by atoms with Crippen molar-refractivity contribution in [3.8, 4) is 11.4 Å². The molecule has 0 bridgehead atoms. The summed E-state index contributed by atoms with van der Waals surface area (Å²) < 4.78 is 7.70. The second-order valence-corrected chi connectivity index (χ2v) is 7.71. The van der Waals surface area contributed by atoms with Gasteiger partial charge in [0.25, 0.3) is 0 Å². The van der Waals surface area contributed by atoms with Crippen molar-refractivity contribution in [3.05, 3.63) is 58.1 Å². The van der Waals surface area contributed by atoms with Crippen LogP contribution in [0.25, 0.3) is 22.5 Å². The van der Waals surface area contributed by atoms with Gasteiger partial charge in [-0.05, 0) is 54.7 Å². The highest BCUT2D eigenvalue weighted by Crippen LogP contribution is 2.24. The first-order valence-corrected chi connectivity index (χ1v) is 9.81. The number of halogens is 1. The number of carbonyl (C=O) groups is 1. The van der Waals surface area contributed by atoms with Crippen LogP contribution in [-0.4, -0.2) is 25.7 Å². The fourth-order valence-corrected chi connectivity index (χ4v) is 3.22. The molecule has 0 aliphatic rings. The summed E-state index contributed by atoms with van der Waals surface area (Å²) in [5, 5.41) is 10.5. The summed E-state index contributed by atoms with van der Waals surface area (Å²) in [7, 11) is 0. The van der Waals surface area contributed by atoms with Crippen LogP contribution >= 0.6 is 23.8 Å². The number of nitrogens with zero attached hydrogens (tertiary/aromatic N) is 3. The van der Waals surface area contributed by atoms with Crippen LogP contribution in [0, 0.1) is 4.77 Å². The van der Waals surface area contributed by atoms with Crippen molar-refractivity contribution in [2.75, 3.05) is 5.32 Å². The minimum atomic E-state index is -0.232. The minimum Gasteiger partial charge on any atom is -0.440 e. The molecule has 2 aromatic heterocycles. The summed E-state index contributed by atoms with van der Waals surface area (Å²) in [6.45, 7) is 4.04. The molecule has 7 nitrogen and oxygen atoms in total. The Balaban J connectivity index is 1.54. The maximum absolute atomic E-state index is 12.6. The number of aromatic amines is 1. The number of H-pyrrole nitrogens is 1. The number of anilines is 1. The van der Waals surface area contributed by atoms with Gasteiger partial charge in [-0.2, -0.15) is 5.10 Å². The molecule has 1 amide bonds. The second kappa shape index (κ2) is 7.81. The Labute approximate surface area is 176 Å². The molecule has 29 heavy (non-hydrogen) atoms. The normalized spacial score (nSPS) is 11.3. The van der Waals surface area contributed by atoms with Crippen LogP contribution < -0.4 is 5.32 Å². The number of amides is 1. The third-order valence-electron chi connectivity index (χ3n) is 4.34. The lowest BCUT2D eigenvalue weighted by Crippen LogP contribution is -2.19. The van der Waals surface area contributed by atoms with Gasteiger partial charge in [0.1, 0.15) is 12.1 Å². The third kappa shape index (κ3) is 4.08. The lowest BCUT2D eigenvalue weighted by Gasteiger charge is -2.08. The van der Waals surface area contributed by atoms with E-state index in [0.717, 1.165) is 5.56 Å². The van der Waals surface area contributed by atoms with Gasteiger partial charge in [0.2, 0.25) is 5.91 Å². The lowest BCUT2D eigenvalue weighted by molar-refractivity contribution is -0.116. The van der Waals surface area contributed by atoms with Gasteiger partial charge >= 0.3 is 0 Å². The highest BCUT2D eigenvalue weighted by Gasteiger charge is 2.14. The molecular formula is C20H18ClN5O2S. The molecule has 148 valence electrons. The molecule has 0 spiro atoms. The van der Waals surface area contributed by atoms with Crippen molar-refractivity contribution in [2.24, 2.45) is 0 Å². The van der Waals surface area contributed by atoms with Crippen molar-refractivity contribution < 1.29 is 9.21 Å². The summed E-state index contributed by atoms with van der Waals surface area (Å²) in [5.41, 5.74) is 2.83. The molecule has 0 aliphatic carbocycles. The zero-order chi connectivity index (χ0) is 20.5. The van der Waals surface area contributed by atoms with Gasteiger partial charge in [-0.3, -0.25) is 14.5 Å². The number of hydrogen-bond acceptors (Lipinski definition) is 5. The van der Waals surface area contributed by atoms with E-state index in [4.69, 9.17) is 28.2 Å². The predicted molar refractivity (Wildman–Crippen MR) is 115 cm³/mol. The van der Waals surface area contributed by atoms with E-state index >= 15 is 0 Å². The molecule has 0 unspecified atom stereocenters. The highest BCUT2D eigenvalue weighted by molar-refractivity contribution is 7.71.